The number of carbonyl (C=O) groups excluding carboxylic acids is 1. The van der Waals surface area contributed by atoms with E-state index in [9.17, 15) is 4.79 Å². The summed E-state index contributed by atoms with van der Waals surface area (Å²) in [5, 5.41) is 4.28. The van der Waals surface area contributed by atoms with Gasteiger partial charge in [0.1, 0.15) is 0 Å². The van der Waals surface area contributed by atoms with Gasteiger partial charge in [0.25, 0.3) is 5.91 Å². The topological polar surface area (TPSA) is 41.5 Å². The number of amides is 1. The first kappa shape index (κ1) is 12.2. The monoisotopic (exact) mass is 254 g/mol. The maximum Gasteiger partial charge on any atom is 0.271 e. The molecule has 0 radical (unpaired) electrons. The largest absolute Gasteiger partial charge is 0.271 e. The fourth-order valence-electron chi connectivity index (χ4n) is 2.73. The minimum atomic E-state index is -0.120. The molecule has 1 aromatic rings. The summed E-state index contributed by atoms with van der Waals surface area (Å²) < 4.78 is 0. The van der Waals surface area contributed by atoms with Crippen LogP contribution < -0.4 is 5.43 Å². The Balaban J connectivity index is 1.65. The molecule has 1 fully saturated rings. The molecule has 1 aromatic carbocycles. The number of hydrazone groups is 1. The van der Waals surface area contributed by atoms with Crippen molar-refractivity contribution in [1.29, 1.82) is 0 Å². The van der Waals surface area contributed by atoms with E-state index in [1.807, 2.05) is 32.0 Å². The van der Waals surface area contributed by atoms with E-state index < -0.39 is 0 Å². The molecule has 2 aliphatic rings. The van der Waals surface area contributed by atoms with Crippen molar-refractivity contribution >= 4 is 11.6 Å². The van der Waals surface area contributed by atoms with Gasteiger partial charge >= 0.3 is 0 Å². The highest BCUT2D eigenvalue weighted by Gasteiger charge is 2.37. The van der Waals surface area contributed by atoms with Crippen molar-refractivity contribution in [2.24, 2.45) is 16.9 Å². The molecular weight excluding hydrogens is 236 g/mol. The number of hydrogen-bond donors (Lipinski definition) is 1. The van der Waals surface area contributed by atoms with E-state index in [1.54, 1.807) is 0 Å². The van der Waals surface area contributed by atoms with Crippen LogP contribution in [0.5, 0.6) is 0 Å². The van der Waals surface area contributed by atoms with Crippen molar-refractivity contribution in [2.45, 2.75) is 26.7 Å². The number of fused-ring (bicyclic) bond motifs is 1. The average Bonchev–Trinajstić information content (AvgIpc) is 2.74. The lowest BCUT2D eigenvalue weighted by Gasteiger charge is -2.31. The number of hydrogen-bond acceptors (Lipinski definition) is 2. The number of carbonyl (C=O) groups is 1. The third kappa shape index (κ3) is 2.21. The molecular formula is C16H18N2O. The molecule has 3 rings (SSSR count). The second-order valence-corrected chi connectivity index (χ2v) is 5.48. The summed E-state index contributed by atoms with van der Waals surface area (Å²) in [5.74, 6) is 1.09. The Hall–Kier alpha value is -1.90. The van der Waals surface area contributed by atoms with Gasteiger partial charge in [-0.15, -0.1) is 0 Å². The summed E-state index contributed by atoms with van der Waals surface area (Å²) in [6.07, 6.45) is 6.54. The molecule has 0 aliphatic heterocycles. The Kier molecular flexibility index (Phi) is 2.97. The van der Waals surface area contributed by atoms with Crippen LogP contribution in [0.2, 0.25) is 0 Å². The maximum absolute atomic E-state index is 12.0. The first-order chi connectivity index (χ1) is 9.15. The van der Waals surface area contributed by atoms with Crippen molar-refractivity contribution in [3.8, 4) is 0 Å². The van der Waals surface area contributed by atoms with Gasteiger partial charge in [0.2, 0.25) is 0 Å². The van der Waals surface area contributed by atoms with Crippen LogP contribution in [0.4, 0.5) is 0 Å². The number of benzene rings is 1. The van der Waals surface area contributed by atoms with Crippen molar-refractivity contribution < 1.29 is 4.79 Å². The molecule has 2 atom stereocenters. The number of aryl methyl sites for hydroxylation is 2. The van der Waals surface area contributed by atoms with Gasteiger partial charge in [0, 0.05) is 17.2 Å². The Morgan fingerprint density at radius 2 is 2.16 bits per heavy atom. The quantitative estimate of drug-likeness (QED) is 0.639. The van der Waals surface area contributed by atoms with Gasteiger partial charge in [0.05, 0.1) is 0 Å². The van der Waals surface area contributed by atoms with Crippen molar-refractivity contribution in [1.82, 2.24) is 5.43 Å². The van der Waals surface area contributed by atoms with Gasteiger partial charge in [-0.05, 0) is 55.9 Å². The van der Waals surface area contributed by atoms with Crippen LogP contribution in [-0.4, -0.2) is 11.6 Å². The van der Waals surface area contributed by atoms with Crippen LogP contribution in [0.3, 0.4) is 0 Å². The van der Waals surface area contributed by atoms with Crippen molar-refractivity contribution in [3.63, 3.8) is 0 Å². The summed E-state index contributed by atoms with van der Waals surface area (Å²) in [4.78, 5) is 12.0. The minimum absolute atomic E-state index is 0.120. The van der Waals surface area contributed by atoms with E-state index in [2.05, 4.69) is 22.7 Å². The fourth-order valence-corrected chi connectivity index (χ4v) is 2.73. The van der Waals surface area contributed by atoms with Crippen LogP contribution in [-0.2, 0) is 0 Å². The van der Waals surface area contributed by atoms with Crippen LogP contribution in [0.15, 0.2) is 35.5 Å². The number of nitrogens with zero attached hydrogens (tertiary/aromatic N) is 1. The molecule has 1 saturated carbocycles. The Morgan fingerprint density at radius 1 is 1.32 bits per heavy atom. The van der Waals surface area contributed by atoms with Gasteiger partial charge < -0.3 is 0 Å². The third-order valence-electron chi connectivity index (χ3n) is 4.23. The van der Waals surface area contributed by atoms with E-state index in [0.717, 1.165) is 24.1 Å². The molecule has 0 bridgehead atoms. The smallest absolute Gasteiger partial charge is 0.267 e. The molecule has 98 valence electrons. The van der Waals surface area contributed by atoms with Crippen molar-refractivity contribution in [2.75, 3.05) is 0 Å². The van der Waals surface area contributed by atoms with Gasteiger partial charge in [-0.25, -0.2) is 5.43 Å². The molecule has 0 saturated heterocycles. The molecule has 0 aromatic heterocycles. The van der Waals surface area contributed by atoms with Crippen LogP contribution in [0.25, 0.3) is 0 Å². The van der Waals surface area contributed by atoms with Crippen molar-refractivity contribution in [3.05, 3.63) is 47.0 Å². The van der Waals surface area contributed by atoms with E-state index in [0.29, 0.717) is 17.4 Å². The zero-order valence-corrected chi connectivity index (χ0v) is 11.3. The van der Waals surface area contributed by atoms with Gasteiger partial charge in [0.15, 0.2) is 0 Å². The van der Waals surface area contributed by atoms with Gasteiger partial charge in [-0.2, -0.15) is 5.10 Å². The predicted molar refractivity (Wildman–Crippen MR) is 76.2 cm³/mol. The summed E-state index contributed by atoms with van der Waals surface area (Å²) in [7, 11) is 0. The first-order valence-corrected chi connectivity index (χ1v) is 6.76. The normalized spacial score (nSPS) is 26.1. The molecule has 19 heavy (non-hydrogen) atoms. The lowest BCUT2D eigenvalue weighted by Crippen LogP contribution is -2.35. The second-order valence-electron chi connectivity index (χ2n) is 5.48. The van der Waals surface area contributed by atoms with E-state index >= 15 is 0 Å². The SMILES string of the molecule is Cc1ccc(C(=O)NN=C2CC3C=CCC23)cc1C. The van der Waals surface area contributed by atoms with E-state index in [1.165, 1.54) is 5.56 Å². The third-order valence-corrected chi connectivity index (χ3v) is 4.23. The molecule has 1 amide bonds. The van der Waals surface area contributed by atoms with Crippen LogP contribution in [0.1, 0.15) is 34.3 Å². The molecule has 0 heterocycles. The molecule has 2 aliphatic carbocycles. The summed E-state index contributed by atoms with van der Waals surface area (Å²) in [5.41, 5.74) is 6.81. The highest BCUT2D eigenvalue weighted by Crippen LogP contribution is 2.40. The van der Waals surface area contributed by atoms with Crippen LogP contribution >= 0.6 is 0 Å². The summed E-state index contributed by atoms with van der Waals surface area (Å²) in [6, 6.07) is 5.72. The number of rotatable bonds is 2. The van der Waals surface area contributed by atoms with E-state index in [4.69, 9.17) is 0 Å². The molecule has 2 unspecified atom stereocenters. The van der Waals surface area contributed by atoms with Gasteiger partial charge in [-0.1, -0.05) is 18.2 Å². The van der Waals surface area contributed by atoms with Gasteiger partial charge in [-0.3, -0.25) is 4.79 Å². The zero-order chi connectivity index (χ0) is 13.4. The molecule has 3 nitrogen and oxygen atoms in total. The minimum Gasteiger partial charge on any atom is -0.267 e. The average molecular weight is 254 g/mol. The lowest BCUT2D eigenvalue weighted by molar-refractivity contribution is 0.0954. The first-order valence-electron chi connectivity index (χ1n) is 6.76. The summed E-state index contributed by atoms with van der Waals surface area (Å²) in [6.45, 7) is 4.05. The fraction of sp³-hybridized carbons (Fsp3) is 0.375. The maximum atomic E-state index is 12.0. The Bertz CT molecular complexity index is 586. The zero-order valence-electron chi connectivity index (χ0n) is 11.3. The highest BCUT2D eigenvalue weighted by atomic mass is 16.2. The number of nitrogens with one attached hydrogen (secondary N) is 1. The molecule has 0 spiro atoms. The number of allylic oxidation sites excluding steroid dienone is 2. The van der Waals surface area contributed by atoms with E-state index in [-0.39, 0.29) is 5.91 Å². The van der Waals surface area contributed by atoms with Crippen LogP contribution in [0, 0.1) is 25.7 Å². The highest BCUT2D eigenvalue weighted by molar-refractivity contribution is 5.98. The Morgan fingerprint density at radius 3 is 2.89 bits per heavy atom. The lowest BCUT2D eigenvalue weighted by atomic mass is 9.74. The molecule has 3 heteroatoms. The second kappa shape index (κ2) is 4.65. The molecule has 1 N–H and O–H groups in total. The summed E-state index contributed by atoms with van der Waals surface area (Å²) >= 11 is 0. The standard InChI is InChI=1S/C16H18N2O/c1-10-6-7-13(8-11(10)2)16(19)18-17-15-9-12-4-3-5-14(12)15/h3-4,6-8,12,14H,5,9H2,1-2H3,(H,18,19). The Labute approximate surface area is 113 Å². The predicted octanol–water partition coefficient (Wildman–Crippen LogP) is 2.99.